The maximum Gasteiger partial charge on any atom is 0.0462 e. The quantitative estimate of drug-likeness (QED) is 0.607. The number of hydrogen-bond donors (Lipinski definition) is 1. The summed E-state index contributed by atoms with van der Waals surface area (Å²) in [5.41, 5.74) is 1.35. The van der Waals surface area contributed by atoms with Crippen molar-refractivity contribution in [3.8, 4) is 0 Å². The molecule has 11 heavy (non-hydrogen) atoms. The zero-order valence-electron chi connectivity index (χ0n) is 7.93. The number of hydrogen-bond acceptors (Lipinski definition) is 1. The fraction of sp³-hybridized carbons (Fsp3) is 0.800. The van der Waals surface area contributed by atoms with Crippen LogP contribution in [0.4, 0.5) is 0 Å². The van der Waals surface area contributed by atoms with Crippen LogP contribution in [0.3, 0.4) is 0 Å². The molecule has 1 heteroatoms. The van der Waals surface area contributed by atoms with Crippen molar-refractivity contribution in [3.05, 3.63) is 11.6 Å². The van der Waals surface area contributed by atoms with Gasteiger partial charge in [-0.3, -0.25) is 0 Å². The van der Waals surface area contributed by atoms with Crippen LogP contribution in [-0.4, -0.2) is 11.7 Å². The van der Waals surface area contributed by atoms with Gasteiger partial charge in [0.1, 0.15) is 0 Å². The Kier molecular flexibility index (Phi) is 6.24. The third-order valence-corrected chi connectivity index (χ3v) is 1.81. The van der Waals surface area contributed by atoms with Crippen molar-refractivity contribution in [1.29, 1.82) is 0 Å². The van der Waals surface area contributed by atoms with Crippen molar-refractivity contribution < 1.29 is 5.11 Å². The molecule has 0 rings (SSSR count). The van der Waals surface area contributed by atoms with Crippen LogP contribution in [0.5, 0.6) is 0 Å². The molecule has 0 amide bonds. The Morgan fingerprint density at radius 1 is 1.45 bits per heavy atom. The molecule has 0 aliphatic rings. The van der Waals surface area contributed by atoms with E-state index in [-0.39, 0.29) is 0 Å². The minimum Gasteiger partial charge on any atom is -0.396 e. The van der Waals surface area contributed by atoms with Gasteiger partial charge in [-0.25, -0.2) is 0 Å². The molecule has 0 aliphatic carbocycles. The minimum atomic E-state index is 0.331. The van der Waals surface area contributed by atoms with Crippen molar-refractivity contribution in [2.24, 2.45) is 5.92 Å². The molecule has 0 saturated carbocycles. The first-order valence-electron chi connectivity index (χ1n) is 4.45. The van der Waals surface area contributed by atoms with Gasteiger partial charge in [-0.2, -0.15) is 0 Å². The van der Waals surface area contributed by atoms with E-state index in [9.17, 15) is 0 Å². The predicted octanol–water partition coefficient (Wildman–Crippen LogP) is 2.75. The average Bonchev–Trinajstić information content (AvgIpc) is 1.97. The van der Waals surface area contributed by atoms with Crippen LogP contribution in [-0.2, 0) is 0 Å². The maximum absolute atomic E-state index is 8.94. The van der Waals surface area contributed by atoms with Crippen molar-refractivity contribution in [3.63, 3.8) is 0 Å². The highest BCUT2D eigenvalue weighted by Crippen LogP contribution is 2.11. The third-order valence-electron chi connectivity index (χ3n) is 1.81. The lowest BCUT2D eigenvalue weighted by atomic mass is 10.00. The van der Waals surface area contributed by atoms with E-state index in [1.807, 2.05) is 0 Å². The van der Waals surface area contributed by atoms with Crippen LogP contribution in [0.2, 0.25) is 0 Å². The van der Waals surface area contributed by atoms with Gasteiger partial charge in [-0.15, -0.1) is 0 Å². The molecule has 0 aromatic carbocycles. The molecular weight excluding hydrogens is 136 g/mol. The van der Waals surface area contributed by atoms with E-state index in [4.69, 9.17) is 5.11 Å². The van der Waals surface area contributed by atoms with E-state index < -0.39 is 0 Å². The van der Waals surface area contributed by atoms with Crippen LogP contribution in [0, 0.1) is 5.92 Å². The topological polar surface area (TPSA) is 20.2 Å². The van der Waals surface area contributed by atoms with E-state index in [1.54, 1.807) is 0 Å². The SMILES string of the molecule is CCCC(CO)CC=C(C)C. The highest BCUT2D eigenvalue weighted by atomic mass is 16.3. The molecule has 1 nitrogen and oxygen atoms in total. The molecule has 0 heterocycles. The standard InChI is InChI=1S/C10H20O/c1-4-5-10(8-11)7-6-9(2)3/h6,10-11H,4-5,7-8H2,1-3H3. The molecule has 0 aromatic heterocycles. The van der Waals surface area contributed by atoms with Crippen LogP contribution >= 0.6 is 0 Å². The van der Waals surface area contributed by atoms with E-state index in [1.165, 1.54) is 12.0 Å². The second-order valence-corrected chi connectivity index (χ2v) is 3.35. The van der Waals surface area contributed by atoms with Crippen LogP contribution in [0.25, 0.3) is 0 Å². The molecule has 0 fully saturated rings. The summed E-state index contributed by atoms with van der Waals surface area (Å²) in [5, 5.41) is 8.94. The first-order valence-corrected chi connectivity index (χ1v) is 4.45. The molecule has 0 saturated heterocycles. The molecule has 1 N–H and O–H groups in total. The molecule has 0 radical (unpaired) electrons. The molecule has 1 atom stereocenters. The maximum atomic E-state index is 8.94. The monoisotopic (exact) mass is 156 g/mol. The Bertz CT molecular complexity index is 112. The first kappa shape index (κ1) is 10.7. The first-order chi connectivity index (χ1) is 5.20. The third kappa shape index (κ3) is 6.11. The fourth-order valence-electron chi connectivity index (χ4n) is 1.09. The number of aliphatic hydroxyl groups is 1. The van der Waals surface area contributed by atoms with Crippen molar-refractivity contribution >= 4 is 0 Å². The van der Waals surface area contributed by atoms with Crippen LogP contribution in [0.15, 0.2) is 11.6 Å². The second kappa shape index (κ2) is 6.41. The van der Waals surface area contributed by atoms with Crippen molar-refractivity contribution in [2.75, 3.05) is 6.61 Å². The van der Waals surface area contributed by atoms with Crippen molar-refractivity contribution in [2.45, 2.75) is 40.0 Å². The molecule has 0 aliphatic heterocycles. The van der Waals surface area contributed by atoms with Gasteiger partial charge in [-0.1, -0.05) is 25.0 Å². The Hall–Kier alpha value is -0.300. The largest absolute Gasteiger partial charge is 0.396 e. The Balaban J connectivity index is 3.60. The van der Waals surface area contributed by atoms with Crippen LogP contribution < -0.4 is 0 Å². The average molecular weight is 156 g/mol. The Morgan fingerprint density at radius 2 is 2.09 bits per heavy atom. The summed E-state index contributed by atoms with van der Waals surface area (Å²) in [6, 6.07) is 0. The van der Waals surface area contributed by atoms with Crippen molar-refractivity contribution in [1.82, 2.24) is 0 Å². The number of rotatable bonds is 5. The molecule has 1 unspecified atom stereocenters. The summed E-state index contributed by atoms with van der Waals surface area (Å²) >= 11 is 0. The minimum absolute atomic E-state index is 0.331. The van der Waals surface area contributed by atoms with E-state index in [0.717, 1.165) is 12.8 Å². The zero-order valence-corrected chi connectivity index (χ0v) is 7.93. The summed E-state index contributed by atoms with van der Waals surface area (Å²) in [5.74, 6) is 0.481. The predicted molar refractivity (Wildman–Crippen MR) is 49.5 cm³/mol. The summed E-state index contributed by atoms with van der Waals surface area (Å²) in [7, 11) is 0. The molecule has 0 aromatic rings. The lowest BCUT2D eigenvalue weighted by molar-refractivity contribution is 0.219. The lowest BCUT2D eigenvalue weighted by Crippen LogP contribution is -2.03. The van der Waals surface area contributed by atoms with Gasteiger partial charge >= 0.3 is 0 Å². The normalized spacial score (nSPS) is 12.7. The second-order valence-electron chi connectivity index (χ2n) is 3.35. The molecule has 0 spiro atoms. The number of aliphatic hydroxyl groups excluding tert-OH is 1. The highest BCUT2D eigenvalue weighted by molar-refractivity contribution is 4.93. The smallest absolute Gasteiger partial charge is 0.0462 e. The molecule has 0 bridgehead atoms. The van der Waals surface area contributed by atoms with Gasteiger partial charge in [0.25, 0.3) is 0 Å². The zero-order chi connectivity index (χ0) is 8.69. The summed E-state index contributed by atoms with van der Waals surface area (Å²) in [6.45, 7) is 6.68. The Morgan fingerprint density at radius 3 is 2.45 bits per heavy atom. The molecule has 66 valence electrons. The van der Waals surface area contributed by atoms with Gasteiger partial charge < -0.3 is 5.11 Å². The number of allylic oxidation sites excluding steroid dienone is 2. The van der Waals surface area contributed by atoms with Gasteiger partial charge in [0.2, 0.25) is 0 Å². The van der Waals surface area contributed by atoms with Gasteiger partial charge in [0, 0.05) is 6.61 Å². The molecular formula is C10H20O. The summed E-state index contributed by atoms with van der Waals surface area (Å²) in [4.78, 5) is 0. The lowest BCUT2D eigenvalue weighted by Gasteiger charge is -2.09. The van der Waals surface area contributed by atoms with Gasteiger partial charge in [-0.05, 0) is 32.6 Å². The van der Waals surface area contributed by atoms with E-state index in [0.29, 0.717) is 12.5 Å². The Labute approximate surface area is 70.1 Å². The summed E-state index contributed by atoms with van der Waals surface area (Å²) < 4.78 is 0. The fourth-order valence-corrected chi connectivity index (χ4v) is 1.09. The van der Waals surface area contributed by atoms with Crippen LogP contribution in [0.1, 0.15) is 40.0 Å². The van der Waals surface area contributed by atoms with E-state index in [2.05, 4.69) is 26.8 Å². The highest BCUT2D eigenvalue weighted by Gasteiger charge is 2.02. The summed E-state index contributed by atoms with van der Waals surface area (Å²) in [6.07, 6.45) is 5.55. The van der Waals surface area contributed by atoms with Gasteiger partial charge in [0.05, 0.1) is 0 Å². The van der Waals surface area contributed by atoms with Gasteiger partial charge in [0.15, 0.2) is 0 Å². The van der Waals surface area contributed by atoms with E-state index >= 15 is 0 Å².